The van der Waals surface area contributed by atoms with E-state index in [2.05, 4.69) is 0 Å². The van der Waals surface area contributed by atoms with Gasteiger partial charge in [-0.3, -0.25) is 4.79 Å². The van der Waals surface area contributed by atoms with Crippen molar-refractivity contribution in [1.82, 2.24) is 0 Å². The molecule has 0 saturated carbocycles. The molecule has 0 amide bonds. The first-order valence-corrected chi connectivity index (χ1v) is 4.51. The minimum absolute atomic E-state index is 0.149. The Labute approximate surface area is 91.3 Å². The van der Waals surface area contributed by atoms with Gasteiger partial charge in [0.05, 0.1) is 13.0 Å². The molecule has 5 nitrogen and oxygen atoms in total. The maximum Gasteiger partial charge on any atom is 0.312 e. The van der Waals surface area contributed by atoms with Crippen molar-refractivity contribution < 1.29 is 24.1 Å². The summed E-state index contributed by atoms with van der Waals surface area (Å²) in [4.78, 5) is 10.9. The summed E-state index contributed by atoms with van der Waals surface area (Å²) in [6.07, 6.45) is 0. The first-order chi connectivity index (χ1) is 7.52. The van der Waals surface area contributed by atoms with Crippen molar-refractivity contribution in [1.29, 1.82) is 0 Å². The number of ether oxygens (including phenoxy) is 1. The van der Waals surface area contributed by atoms with Crippen LogP contribution in [0.5, 0.6) is 11.5 Å². The van der Waals surface area contributed by atoms with E-state index in [1.165, 1.54) is 13.2 Å². The second-order valence-electron chi connectivity index (χ2n) is 3.14. The fraction of sp³-hybridized carbons (Fsp3) is 0.300. The van der Waals surface area contributed by atoms with E-state index in [0.717, 1.165) is 6.07 Å². The Morgan fingerprint density at radius 3 is 2.69 bits per heavy atom. The molecule has 0 saturated heterocycles. The molecule has 4 N–H and O–H groups in total. The largest absolute Gasteiger partial charge is 0.502 e. The number of hydrogen-bond donors (Lipinski definition) is 3. The van der Waals surface area contributed by atoms with Crippen molar-refractivity contribution in [3.63, 3.8) is 0 Å². The van der Waals surface area contributed by atoms with Crippen LogP contribution < -0.4 is 10.5 Å². The number of nitrogens with two attached hydrogens (primary N) is 1. The molecule has 0 spiro atoms. The van der Waals surface area contributed by atoms with Gasteiger partial charge in [0.2, 0.25) is 0 Å². The van der Waals surface area contributed by atoms with Crippen LogP contribution in [0.4, 0.5) is 4.39 Å². The third-order valence-corrected chi connectivity index (χ3v) is 2.23. The van der Waals surface area contributed by atoms with E-state index >= 15 is 0 Å². The number of aliphatic carboxylic acids is 1. The van der Waals surface area contributed by atoms with Gasteiger partial charge in [-0.2, -0.15) is 0 Å². The van der Waals surface area contributed by atoms with Gasteiger partial charge in [0.1, 0.15) is 0 Å². The molecule has 0 aliphatic rings. The number of carboxylic acids is 1. The Morgan fingerprint density at radius 1 is 1.62 bits per heavy atom. The molecule has 1 aromatic carbocycles. The van der Waals surface area contributed by atoms with Gasteiger partial charge in [-0.1, -0.05) is 6.07 Å². The van der Waals surface area contributed by atoms with E-state index in [0.29, 0.717) is 0 Å². The lowest BCUT2D eigenvalue weighted by molar-refractivity contribution is -0.138. The SMILES string of the molecule is COc1c(C(CN)C(=O)O)ccc(F)c1O. The third-order valence-electron chi connectivity index (χ3n) is 2.23. The highest BCUT2D eigenvalue weighted by Gasteiger charge is 2.25. The number of carbonyl (C=O) groups is 1. The molecule has 0 aliphatic carbocycles. The summed E-state index contributed by atoms with van der Waals surface area (Å²) in [7, 11) is 1.22. The summed E-state index contributed by atoms with van der Waals surface area (Å²) in [5.74, 6) is -3.98. The fourth-order valence-corrected chi connectivity index (χ4v) is 1.41. The van der Waals surface area contributed by atoms with E-state index in [-0.39, 0.29) is 17.9 Å². The third kappa shape index (κ3) is 2.06. The monoisotopic (exact) mass is 229 g/mol. The first kappa shape index (κ1) is 12.3. The fourth-order valence-electron chi connectivity index (χ4n) is 1.41. The second-order valence-corrected chi connectivity index (χ2v) is 3.14. The maximum absolute atomic E-state index is 13.0. The summed E-state index contributed by atoms with van der Waals surface area (Å²) in [6, 6.07) is 2.21. The van der Waals surface area contributed by atoms with Crippen molar-refractivity contribution in [3.8, 4) is 11.5 Å². The molecule has 0 aliphatic heterocycles. The van der Waals surface area contributed by atoms with Crippen LogP contribution in [0.2, 0.25) is 0 Å². The molecule has 88 valence electrons. The summed E-state index contributed by atoms with van der Waals surface area (Å²) < 4.78 is 17.8. The van der Waals surface area contributed by atoms with Crippen LogP contribution in [0.1, 0.15) is 11.5 Å². The van der Waals surface area contributed by atoms with Gasteiger partial charge >= 0.3 is 5.97 Å². The number of phenolic OH excluding ortho intramolecular Hbond substituents is 1. The van der Waals surface area contributed by atoms with Crippen LogP contribution in [0, 0.1) is 5.82 Å². The maximum atomic E-state index is 13.0. The highest BCUT2D eigenvalue weighted by molar-refractivity contribution is 5.78. The second kappa shape index (κ2) is 4.80. The Morgan fingerprint density at radius 2 is 2.25 bits per heavy atom. The molecule has 0 fully saturated rings. The predicted octanol–water partition coefficient (Wildman–Crippen LogP) is 0.667. The Hall–Kier alpha value is -1.82. The minimum Gasteiger partial charge on any atom is -0.502 e. The molecular weight excluding hydrogens is 217 g/mol. The van der Waals surface area contributed by atoms with Gasteiger partial charge in [-0.15, -0.1) is 0 Å². The Kier molecular flexibility index (Phi) is 3.68. The van der Waals surface area contributed by atoms with E-state index in [4.69, 9.17) is 15.6 Å². The van der Waals surface area contributed by atoms with Crippen LogP contribution in [0.15, 0.2) is 12.1 Å². The number of methoxy groups -OCH3 is 1. The van der Waals surface area contributed by atoms with Gasteiger partial charge in [0.15, 0.2) is 17.3 Å². The van der Waals surface area contributed by atoms with Gasteiger partial charge in [0.25, 0.3) is 0 Å². The molecule has 0 aromatic heterocycles. The highest BCUT2D eigenvalue weighted by Crippen LogP contribution is 2.36. The highest BCUT2D eigenvalue weighted by atomic mass is 19.1. The number of carboxylic acid groups (broad SMARTS) is 1. The summed E-state index contributed by atoms with van der Waals surface area (Å²) >= 11 is 0. The number of aromatic hydroxyl groups is 1. The van der Waals surface area contributed by atoms with Gasteiger partial charge < -0.3 is 20.7 Å². The van der Waals surface area contributed by atoms with E-state index < -0.39 is 23.5 Å². The average molecular weight is 229 g/mol. The van der Waals surface area contributed by atoms with Gasteiger partial charge in [-0.05, 0) is 6.07 Å². The predicted molar refractivity (Wildman–Crippen MR) is 54.0 cm³/mol. The number of benzene rings is 1. The summed E-state index contributed by atoms with van der Waals surface area (Å²) in [6.45, 7) is -0.170. The number of rotatable bonds is 4. The van der Waals surface area contributed by atoms with Crippen molar-refractivity contribution in [2.45, 2.75) is 5.92 Å². The number of phenols is 1. The Balaban J connectivity index is 3.32. The normalized spacial score (nSPS) is 12.2. The Bertz CT molecular complexity index is 408. The molecule has 1 rings (SSSR count). The lowest BCUT2D eigenvalue weighted by atomic mass is 9.98. The van der Waals surface area contributed by atoms with Gasteiger partial charge in [0, 0.05) is 12.1 Å². The topological polar surface area (TPSA) is 92.8 Å². The molecule has 1 aromatic rings. The van der Waals surface area contributed by atoms with Crippen LogP contribution in [0.3, 0.4) is 0 Å². The average Bonchev–Trinajstić information content (AvgIpc) is 2.24. The van der Waals surface area contributed by atoms with Crippen LogP contribution >= 0.6 is 0 Å². The van der Waals surface area contributed by atoms with E-state index in [1.807, 2.05) is 0 Å². The zero-order valence-electron chi connectivity index (χ0n) is 8.61. The van der Waals surface area contributed by atoms with Crippen LogP contribution in [-0.2, 0) is 4.79 Å². The molecule has 1 atom stereocenters. The molecule has 0 radical (unpaired) electrons. The van der Waals surface area contributed by atoms with E-state index in [9.17, 15) is 14.3 Å². The smallest absolute Gasteiger partial charge is 0.312 e. The lowest BCUT2D eigenvalue weighted by Gasteiger charge is -2.15. The molecule has 0 heterocycles. The lowest BCUT2D eigenvalue weighted by Crippen LogP contribution is -2.21. The van der Waals surface area contributed by atoms with Crippen LogP contribution in [-0.4, -0.2) is 29.8 Å². The summed E-state index contributed by atoms with van der Waals surface area (Å²) in [5, 5.41) is 18.3. The van der Waals surface area contributed by atoms with Crippen LogP contribution in [0.25, 0.3) is 0 Å². The number of halogens is 1. The van der Waals surface area contributed by atoms with Crippen molar-refractivity contribution in [2.75, 3.05) is 13.7 Å². The quantitative estimate of drug-likeness (QED) is 0.705. The first-order valence-electron chi connectivity index (χ1n) is 4.51. The van der Waals surface area contributed by atoms with Crippen molar-refractivity contribution in [2.24, 2.45) is 5.73 Å². The molecule has 1 unspecified atom stereocenters. The van der Waals surface area contributed by atoms with Crippen molar-refractivity contribution in [3.05, 3.63) is 23.5 Å². The molecular formula is C10H12FNO4. The standard InChI is InChI=1S/C10H12FNO4/c1-16-9-5(6(4-12)10(14)15)2-3-7(11)8(9)13/h2-3,6,13H,4,12H2,1H3,(H,14,15). The zero-order valence-corrected chi connectivity index (χ0v) is 8.61. The zero-order chi connectivity index (χ0) is 12.3. The number of hydrogen-bond acceptors (Lipinski definition) is 4. The summed E-state index contributed by atoms with van der Waals surface area (Å²) in [5.41, 5.74) is 5.46. The van der Waals surface area contributed by atoms with Gasteiger partial charge in [-0.25, -0.2) is 4.39 Å². The molecule has 6 heteroatoms. The molecule has 0 bridgehead atoms. The van der Waals surface area contributed by atoms with E-state index in [1.54, 1.807) is 0 Å². The minimum atomic E-state index is -1.16. The molecule has 16 heavy (non-hydrogen) atoms. The van der Waals surface area contributed by atoms with Crippen molar-refractivity contribution >= 4 is 5.97 Å².